The minimum absolute atomic E-state index is 0.155. The quantitative estimate of drug-likeness (QED) is 0.718. The van der Waals surface area contributed by atoms with Crippen LogP contribution in [0.1, 0.15) is 93.4 Å². The first kappa shape index (κ1) is 24.2. The van der Waals surface area contributed by atoms with Crippen molar-refractivity contribution in [2.24, 2.45) is 0 Å². The summed E-state index contributed by atoms with van der Waals surface area (Å²) in [6.45, 7) is 10.9. The smallest absolute Gasteiger partial charge is 0.274 e. The van der Waals surface area contributed by atoms with Gasteiger partial charge in [0, 0.05) is 44.3 Å². The van der Waals surface area contributed by atoms with E-state index in [1.165, 1.54) is 0 Å². The third-order valence-electron chi connectivity index (χ3n) is 7.97. The Morgan fingerprint density at radius 2 is 1.89 bits per heavy atom. The minimum atomic E-state index is -1.22. The Hall–Kier alpha value is -2.52. The summed E-state index contributed by atoms with van der Waals surface area (Å²) < 4.78 is 7.29. The number of ether oxygens (including phenoxy) is 1. The van der Waals surface area contributed by atoms with Crippen molar-refractivity contribution in [2.45, 2.75) is 82.8 Å². The van der Waals surface area contributed by atoms with Crippen LogP contribution in [0.2, 0.25) is 0 Å². The Morgan fingerprint density at radius 1 is 1.17 bits per heavy atom. The minimum Gasteiger partial charge on any atom is -0.381 e. The zero-order valence-corrected chi connectivity index (χ0v) is 21.3. The molecule has 4 heterocycles. The van der Waals surface area contributed by atoms with Crippen molar-refractivity contribution in [2.75, 3.05) is 32.8 Å². The largest absolute Gasteiger partial charge is 0.381 e. The highest BCUT2D eigenvalue weighted by atomic mass is 16.5. The molecule has 2 aromatic heterocycles. The van der Waals surface area contributed by atoms with Crippen molar-refractivity contribution in [1.82, 2.24) is 24.4 Å². The summed E-state index contributed by atoms with van der Waals surface area (Å²) in [4.78, 5) is 34.8. The first-order valence-corrected chi connectivity index (χ1v) is 12.9. The summed E-state index contributed by atoms with van der Waals surface area (Å²) in [5.41, 5.74) is 1.41. The molecule has 1 N–H and O–H groups in total. The van der Waals surface area contributed by atoms with Crippen molar-refractivity contribution >= 4 is 17.5 Å². The van der Waals surface area contributed by atoms with Crippen molar-refractivity contribution in [3.63, 3.8) is 0 Å². The molecule has 1 saturated carbocycles. The van der Waals surface area contributed by atoms with Gasteiger partial charge in [-0.05, 0) is 57.9 Å². The summed E-state index contributed by atoms with van der Waals surface area (Å²) in [5, 5.41) is 15.4. The van der Waals surface area contributed by atoms with Gasteiger partial charge in [-0.15, -0.1) is 0 Å². The molecule has 2 aliphatic heterocycles. The number of fused-ring (bicyclic) bond motifs is 1. The predicted molar refractivity (Wildman–Crippen MR) is 130 cm³/mol. The highest BCUT2D eigenvalue weighted by Gasteiger charge is 2.48. The van der Waals surface area contributed by atoms with Gasteiger partial charge in [0.25, 0.3) is 11.8 Å². The number of amides is 2. The van der Waals surface area contributed by atoms with Crippen LogP contribution >= 0.6 is 0 Å². The molecule has 2 aromatic rings. The maximum atomic E-state index is 13.6. The van der Waals surface area contributed by atoms with Crippen LogP contribution in [0.4, 0.5) is 0 Å². The molecular formula is C26H37N5O4. The number of carbonyl (C=O) groups is 2. The van der Waals surface area contributed by atoms with Crippen molar-refractivity contribution in [3.8, 4) is 0 Å². The fourth-order valence-electron chi connectivity index (χ4n) is 5.60. The lowest BCUT2D eigenvalue weighted by atomic mass is 9.78. The number of piperazine rings is 1. The number of aromatic nitrogens is 3. The van der Waals surface area contributed by atoms with Gasteiger partial charge in [-0.3, -0.25) is 9.59 Å². The van der Waals surface area contributed by atoms with Crippen LogP contribution in [-0.4, -0.2) is 85.3 Å². The lowest BCUT2D eigenvalue weighted by Crippen LogP contribution is -2.65. The molecule has 0 atom stereocenters. The van der Waals surface area contributed by atoms with E-state index in [1.54, 1.807) is 20.5 Å². The fourth-order valence-corrected chi connectivity index (χ4v) is 5.60. The van der Waals surface area contributed by atoms with E-state index in [9.17, 15) is 14.7 Å². The molecule has 0 bridgehead atoms. The van der Waals surface area contributed by atoms with Gasteiger partial charge >= 0.3 is 0 Å². The molecule has 0 unspecified atom stereocenters. The molecule has 0 radical (unpaired) electrons. The van der Waals surface area contributed by atoms with Crippen LogP contribution in [0.3, 0.4) is 0 Å². The maximum absolute atomic E-state index is 13.6. The van der Waals surface area contributed by atoms with Gasteiger partial charge in [-0.25, -0.2) is 9.50 Å². The molecule has 0 aromatic carbocycles. The fraction of sp³-hybridized carbons (Fsp3) is 0.692. The molecule has 2 amide bonds. The van der Waals surface area contributed by atoms with Gasteiger partial charge in [-0.1, -0.05) is 13.8 Å². The van der Waals surface area contributed by atoms with Crippen molar-refractivity contribution < 1.29 is 19.4 Å². The summed E-state index contributed by atoms with van der Waals surface area (Å²) in [6.07, 6.45) is 5.56. The summed E-state index contributed by atoms with van der Waals surface area (Å²) >= 11 is 0. The Kier molecular flexibility index (Phi) is 6.12. The number of aliphatic hydroxyl groups is 1. The van der Waals surface area contributed by atoms with Crippen LogP contribution < -0.4 is 0 Å². The van der Waals surface area contributed by atoms with E-state index >= 15 is 0 Å². The van der Waals surface area contributed by atoms with Crippen LogP contribution in [0, 0.1) is 0 Å². The Labute approximate surface area is 206 Å². The molecule has 9 heteroatoms. The number of hydrogen-bond donors (Lipinski definition) is 1. The van der Waals surface area contributed by atoms with E-state index < -0.39 is 11.1 Å². The standard InChI is InChI=1S/C26H37N5O4/c1-17(2)19-14-20(18-6-12-35-13-7-18)28-31-15-21(27-22(19)31)23(32)30-11-10-29(16-25(30,3)4)24(33)26(34)8-5-9-26/h14-15,17-18,34H,5-13,16H2,1-4H3. The molecule has 9 nitrogen and oxygen atoms in total. The lowest BCUT2D eigenvalue weighted by Gasteiger charge is -2.49. The van der Waals surface area contributed by atoms with E-state index in [1.807, 2.05) is 13.8 Å². The molecule has 2 saturated heterocycles. The molecule has 0 spiro atoms. The predicted octanol–water partition coefficient (Wildman–Crippen LogP) is 2.72. The number of rotatable bonds is 4. The second-order valence-electron chi connectivity index (χ2n) is 11.3. The van der Waals surface area contributed by atoms with E-state index in [0.717, 1.165) is 49.4 Å². The van der Waals surface area contributed by atoms with Gasteiger partial charge in [0.1, 0.15) is 11.3 Å². The zero-order chi connectivity index (χ0) is 25.0. The number of imidazole rings is 1. The van der Waals surface area contributed by atoms with E-state index in [2.05, 4.69) is 19.9 Å². The first-order valence-electron chi connectivity index (χ1n) is 12.9. The molecular weight excluding hydrogens is 446 g/mol. The van der Waals surface area contributed by atoms with Crippen molar-refractivity contribution in [1.29, 1.82) is 0 Å². The van der Waals surface area contributed by atoms with Gasteiger partial charge < -0.3 is 19.6 Å². The second kappa shape index (κ2) is 8.85. The number of hydrogen-bond acceptors (Lipinski definition) is 6. The average Bonchev–Trinajstić information content (AvgIpc) is 3.25. The second-order valence-corrected chi connectivity index (χ2v) is 11.3. The van der Waals surface area contributed by atoms with Gasteiger partial charge in [0.05, 0.1) is 17.4 Å². The number of carbonyl (C=O) groups excluding carboxylic acids is 2. The van der Waals surface area contributed by atoms with E-state index in [4.69, 9.17) is 14.8 Å². The van der Waals surface area contributed by atoms with Crippen LogP contribution in [0.15, 0.2) is 12.3 Å². The zero-order valence-electron chi connectivity index (χ0n) is 21.3. The third kappa shape index (κ3) is 4.33. The summed E-state index contributed by atoms with van der Waals surface area (Å²) in [7, 11) is 0. The highest BCUT2D eigenvalue weighted by Crippen LogP contribution is 2.35. The number of nitrogens with zero attached hydrogens (tertiary/aromatic N) is 5. The molecule has 190 valence electrons. The Balaban J connectivity index is 1.40. The highest BCUT2D eigenvalue weighted by molar-refractivity contribution is 5.94. The van der Waals surface area contributed by atoms with Gasteiger partial charge in [-0.2, -0.15) is 5.10 Å². The van der Waals surface area contributed by atoms with Gasteiger partial charge in [0.15, 0.2) is 5.65 Å². The third-order valence-corrected chi connectivity index (χ3v) is 7.97. The summed E-state index contributed by atoms with van der Waals surface area (Å²) in [5.74, 6) is 0.232. The lowest BCUT2D eigenvalue weighted by molar-refractivity contribution is -0.164. The van der Waals surface area contributed by atoms with Crippen LogP contribution in [-0.2, 0) is 9.53 Å². The SMILES string of the molecule is CC(C)c1cc(C2CCOCC2)nn2cc(C(=O)N3CCN(C(=O)C4(O)CCC4)CC3(C)C)nc12. The molecule has 5 rings (SSSR count). The molecule has 1 aliphatic carbocycles. The monoisotopic (exact) mass is 483 g/mol. The van der Waals surface area contributed by atoms with Crippen molar-refractivity contribution in [3.05, 3.63) is 29.2 Å². The van der Waals surface area contributed by atoms with Crippen LogP contribution in [0.5, 0.6) is 0 Å². The van der Waals surface area contributed by atoms with E-state index in [0.29, 0.717) is 44.1 Å². The summed E-state index contributed by atoms with van der Waals surface area (Å²) in [6, 6.07) is 2.15. The Morgan fingerprint density at radius 3 is 2.49 bits per heavy atom. The van der Waals surface area contributed by atoms with E-state index in [-0.39, 0.29) is 17.7 Å². The Bertz CT molecular complexity index is 1130. The molecule has 3 aliphatic rings. The normalized spacial score (nSPS) is 22.5. The average molecular weight is 484 g/mol. The maximum Gasteiger partial charge on any atom is 0.274 e. The molecule has 35 heavy (non-hydrogen) atoms. The van der Waals surface area contributed by atoms with Gasteiger partial charge in [0.2, 0.25) is 0 Å². The first-order chi connectivity index (χ1) is 16.6. The molecule has 3 fully saturated rings. The van der Waals surface area contributed by atoms with Crippen LogP contribution in [0.25, 0.3) is 5.65 Å². The topological polar surface area (TPSA) is 100 Å².